The number of carbonyl (C=O) groups is 1. The Bertz CT molecular complexity index is 614. The average Bonchev–Trinajstić information content (AvgIpc) is 2.52. The molecule has 0 spiro atoms. The van der Waals surface area contributed by atoms with Crippen LogP contribution < -0.4 is 10.1 Å². The molecule has 6 nitrogen and oxygen atoms in total. The van der Waals surface area contributed by atoms with Crippen LogP contribution in [0.2, 0.25) is 0 Å². The van der Waals surface area contributed by atoms with E-state index in [1.165, 1.54) is 14.1 Å². The molecule has 0 bridgehead atoms. The first-order chi connectivity index (χ1) is 10.8. The Labute approximate surface area is 138 Å². The molecule has 0 heterocycles. The van der Waals surface area contributed by atoms with E-state index in [1.807, 2.05) is 24.3 Å². The summed E-state index contributed by atoms with van der Waals surface area (Å²) in [6.07, 6.45) is 0.981. The Kier molecular flexibility index (Phi) is 7.51. The van der Waals surface area contributed by atoms with Crippen LogP contribution in [0.4, 0.5) is 0 Å². The van der Waals surface area contributed by atoms with Gasteiger partial charge in [0.1, 0.15) is 5.75 Å². The van der Waals surface area contributed by atoms with E-state index in [2.05, 4.69) is 19.2 Å². The number of amides is 1. The third-order valence-electron chi connectivity index (χ3n) is 3.66. The van der Waals surface area contributed by atoms with Crippen molar-refractivity contribution in [2.24, 2.45) is 0 Å². The van der Waals surface area contributed by atoms with Gasteiger partial charge in [0.25, 0.3) is 5.91 Å². The zero-order chi connectivity index (χ0) is 17.5. The van der Waals surface area contributed by atoms with Gasteiger partial charge < -0.3 is 10.1 Å². The number of rotatable bonds is 9. The van der Waals surface area contributed by atoms with Crippen molar-refractivity contribution < 1.29 is 17.9 Å². The van der Waals surface area contributed by atoms with Crippen molar-refractivity contribution in [3.63, 3.8) is 0 Å². The number of carbonyl (C=O) groups excluding carboxylic acids is 1. The Morgan fingerprint density at radius 3 is 2.57 bits per heavy atom. The van der Waals surface area contributed by atoms with Gasteiger partial charge in [-0.05, 0) is 24.0 Å². The first-order valence-electron chi connectivity index (χ1n) is 7.66. The standard InChI is InChI=1S/C16H26N2O4S/c1-5-13(2)14-8-6-7-9-15(14)22-12-16(19)17-10-11-23(20,21)18(3)4/h6-9,13H,5,10-12H2,1-4H3,(H,17,19). The summed E-state index contributed by atoms with van der Waals surface area (Å²) < 4.78 is 29.9. The molecule has 0 aliphatic heterocycles. The van der Waals surface area contributed by atoms with E-state index in [9.17, 15) is 13.2 Å². The SMILES string of the molecule is CCC(C)c1ccccc1OCC(=O)NCCS(=O)(=O)N(C)C. The summed E-state index contributed by atoms with van der Waals surface area (Å²) in [5.74, 6) is 0.574. The number of nitrogens with one attached hydrogen (secondary N) is 1. The normalized spacial score (nSPS) is 12.9. The number of benzene rings is 1. The van der Waals surface area contributed by atoms with Crippen molar-refractivity contribution >= 4 is 15.9 Å². The lowest BCUT2D eigenvalue weighted by Gasteiger charge is -2.15. The van der Waals surface area contributed by atoms with E-state index in [0.717, 1.165) is 16.3 Å². The van der Waals surface area contributed by atoms with E-state index in [4.69, 9.17) is 4.74 Å². The summed E-state index contributed by atoms with van der Waals surface area (Å²) in [5, 5.41) is 2.56. The summed E-state index contributed by atoms with van der Waals surface area (Å²) >= 11 is 0. The number of hydrogen-bond acceptors (Lipinski definition) is 4. The Morgan fingerprint density at radius 2 is 1.96 bits per heavy atom. The molecule has 1 amide bonds. The molecular weight excluding hydrogens is 316 g/mol. The van der Waals surface area contributed by atoms with Crippen molar-refractivity contribution in [3.8, 4) is 5.75 Å². The van der Waals surface area contributed by atoms with Crippen LogP contribution in [0.3, 0.4) is 0 Å². The molecule has 0 radical (unpaired) electrons. The lowest BCUT2D eigenvalue weighted by molar-refractivity contribution is -0.122. The first-order valence-corrected chi connectivity index (χ1v) is 9.27. The van der Waals surface area contributed by atoms with Gasteiger partial charge in [0.2, 0.25) is 10.0 Å². The molecule has 1 N–H and O–H groups in total. The predicted molar refractivity (Wildman–Crippen MR) is 91.1 cm³/mol. The molecule has 0 saturated carbocycles. The number of para-hydroxylation sites is 1. The van der Waals surface area contributed by atoms with Gasteiger partial charge in [-0.3, -0.25) is 4.79 Å². The van der Waals surface area contributed by atoms with Crippen LogP contribution in [0.15, 0.2) is 24.3 Å². The molecule has 0 aliphatic carbocycles. The second-order valence-corrected chi connectivity index (χ2v) is 7.89. The summed E-state index contributed by atoms with van der Waals surface area (Å²) in [6.45, 7) is 4.14. The summed E-state index contributed by atoms with van der Waals surface area (Å²) in [4.78, 5) is 11.8. The fourth-order valence-electron chi connectivity index (χ4n) is 1.94. The van der Waals surface area contributed by atoms with E-state index >= 15 is 0 Å². The molecule has 0 fully saturated rings. The second kappa shape index (κ2) is 8.88. The molecule has 0 saturated heterocycles. The van der Waals surface area contributed by atoms with Gasteiger partial charge in [0.05, 0.1) is 5.75 Å². The average molecular weight is 342 g/mol. The summed E-state index contributed by atoms with van der Waals surface area (Å²) in [6, 6.07) is 7.64. The number of ether oxygens (including phenoxy) is 1. The van der Waals surface area contributed by atoms with E-state index in [-0.39, 0.29) is 24.8 Å². The van der Waals surface area contributed by atoms with Gasteiger partial charge in [-0.2, -0.15) is 0 Å². The van der Waals surface area contributed by atoms with Crippen LogP contribution in [0.5, 0.6) is 5.75 Å². The minimum atomic E-state index is -3.30. The topological polar surface area (TPSA) is 75.7 Å². The summed E-state index contributed by atoms with van der Waals surface area (Å²) in [7, 11) is -0.376. The van der Waals surface area contributed by atoms with Crippen molar-refractivity contribution in [2.75, 3.05) is 33.0 Å². The van der Waals surface area contributed by atoms with Crippen LogP contribution in [0, 0.1) is 0 Å². The third kappa shape index (κ3) is 6.19. The number of sulfonamides is 1. The fraction of sp³-hybridized carbons (Fsp3) is 0.562. The molecule has 0 aromatic heterocycles. The molecule has 130 valence electrons. The first kappa shape index (κ1) is 19.4. The highest BCUT2D eigenvalue weighted by molar-refractivity contribution is 7.89. The predicted octanol–water partition coefficient (Wildman–Crippen LogP) is 1.59. The molecule has 1 rings (SSSR count). The monoisotopic (exact) mass is 342 g/mol. The molecule has 1 atom stereocenters. The lowest BCUT2D eigenvalue weighted by Crippen LogP contribution is -2.36. The van der Waals surface area contributed by atoms with Crippen molar-refractivity contribution in [2.45, 2.75) is 26.2 Å². The Balaban J connectivity index is 2.49. The quantitative estimate of drug-likeness (QED) is 0.739. The molecule has 7 heteroatoms. The van der Waals surface area contributed by atoms with Crippen molar-refractivity contribution in [1.29, 1.82) is 0 Å². The molecule has 0 aliphatic rings. The van der Waals surface area contributed by atoms with Gasteiger partial charge in [0.15, 0.2) is 6.61 Å². The van der Waals surface area contributed by atoms with Gasteiger partial charge in [-0.25, -0.2) is 12.7 Å². The Morgan fingerprint density at radius 1 is 1.30 bits per heavy atom. The highest BCUT2D eigenvalue weighted by Crippen LogP contribution is 2.28. The van der Waals surface area contributed by atoms with Crippen molar-refractivity contribution in [3.05, 3.63) is 29.8 Å². The Hall–Kier alpha value is -1.60. The van der Waals surface area contributed by atoms with E-state index in [1.54, 1.807) is 0 Å². The summed E-state index contributed by atoms with van der Waals surface area (Å²) in [5.41, 5.74) is 1.07. The largest absolute Gasteiger partial charge is 0.483 e. The van der Waals surface area contributed by atoms with E-state index < -0.39 is 10.0 Å². The highest BCUT2D eigenvalue weighted by Gasteiger charge is 2.14. The number of hydrogen-bond donors (Lipinski definition) is 1. The molecule has 1 unspecified atom stereocenters. The maximum absolute atomic E-state index is 11.8. The van der Waals surface area contributed by atoms with E-state index in [0.29, 0.717) is 11.7 Å². The van der Waals surface area contributed by atoms with Gasteiger partial charge in [-0.15, -0.1) is 0 Å². The maximum atomic E-state index is 11.8. The number of nitrogens with zero attached hydrogens (tertiary/aromatic N) is 1. The fourth-order valence-corrected chi connectivity index (χ4v) is 2.66. The van der Waals surface area contributed by atoms with Crippen LogP contribution >= 0.6 is 0 Å². The van der Waals surface area contributed by atoms with Crippen molar-refractivity contribution in [1.82, 2.24) is 9.62 Å². The zero-order valence-corrected chi connectivity index (χ0v) is 15.0. The van der Waals surface area contributed by atoms with Gasteiger partial charge in [0, 0.05) is 20.6 Å². The molecule has 1 aromatic rings. The second-order valence-electron chi connectivity index (χ2n) is 5.58. The van der Waals surface area contributed by atoms with Crippen LogP contribution in [-0.2, 0) is 14.8 Å². The highest BCUT2D eigenvalue weighted by atomic mass is 32.2. The molecule has 23 heavy (non-hydrogen) atoms. The molecular formula is C16H26N2O4S. The smallest absolute Gasteiger partial charge is 0.257 e. The van der Waals surface area contributed by atoms with Gasteiger partial charge >= 0.3 is 0 Å². The van der Waals surface area contributed by atoms with Crippen LogP contribution in [0.25, 0.3) is 0 Å². The minimum absolute atomic E-state index is 0.0652. The zero-order valence-electron chi connectivity index (χ0n) is 14.2. The van der Waals surface area contributed by atoms with Crippen LogP contribution in [-0.4, -0.2) is 51.6 Å². The van der Waals surface area contributed by atoms with Gasteiger partial charge in [-0.1, -0.05) is 32.0 Å². The lowest BCUT2D eigenvalue weighted by atomic mass is 9.98. The third-order valence-corrected chi connectivity index (χ3v) is 5.49. The van der Waals surface area contributed by atoms with Crippen LogP contribution in [0.1, 0.15) is 31.7 Å². The maximum Gasteiger partial charge on any atom is 0.257 e. The molecule has 1 aromatic carbocycles. The minimum Gasteiger partial charge on any atom is -0.483 e.